The van der Waals surface area contributed by atoms with Crippen LogP contribution in [0.5, 0.6) is 0 Å². The first-order valence-corrected chi connectivity index (χ1v) is 9.24. The summed E-state index contributed by atoms with van der Waals surface area (Å²) in [5, 5.41) is 13.4. The average Bonchev–Trinajstić information content (AvgIpc) is 3.24. The maximum Gasteiger partial charge on any atom is 0.246 e. The second-order valence-electron chi connectivity index (χ2n) is 5.74. The molecule has 0 aliphatic carbocycles. The third kappa shape index (κ3) is 5.79. The van der Waals surface area contributed by atoms with Crippen molar-refractivity contribution in [2.24, 2.45) is 4.99 Å². The Bertz CT molecular complexity index is 682. The van der Waals surface area contributed by atoms with Crippen LogP contribution in [0.3, 0.4) is 0 Å². The van der Waals surface area contributed by atoms with Crippen molar-refractivity contribution in [1.82, 2.24) is 25.8 Å². The molecule has 2 aromatic rings. The summed E-state index contributed by atoms with van der Waals surface area (Å²) in [6, 6.07) is 0. The molecule has 0 amide bonds. The van der Waals surface area contributed by atoms with E-state index in [0.29, 0.717) is 43.3 Å². The lowest BCUT2D eigenvalue weighted by Gasteiger charge is -2.09. The number of guanidine groups is 1. The number of nitrogens with one attached hydrogen (secondary N) is 2. The van der Waals surface area contributed by atoms with Crippen molar-refractivity contribution in [2.45, 2.75) is 52.8 Å². The van der Waals surface area contributed by atoms with Crippen molar-refractivity contribution < 1.29 is 9.26 Å². The Morgan fingerprint density at radius 2 is 2.04 bits per heavy atom. The predicted octanol–water partition coefficient (Wildman–Crippen LogP) is 2.61. The van der Waals surface area contributed by atoms with Gasteiger partial charge in [-0.3, -0.25) is 4.99 Å². The highest BCUT2D eigenvalue weighted by molar-refractivity contribution is 7.09. The minimum absolute atomic E-state index is 0.181. The van der Waals surface area contributed by atoms with Crippen molar-refractivity contribution >= 4 is 17.3 Å². The topological polar surface area (TPSA) is 97.5 Å². The summed E-state index contributed by atoms with van der Waals surface area (Å²) in [7, 11) is 1.72. The quantitative estimate of drug-likeness (QED) is 0.547. The van der Waals surface area contributed by atoms with Crippen LogP contribution in [0.25, 0.3) is 0 Å². The van der Waals surface area contributed by atoms with Crippen LogP contribution < -0.4 is 10.6 Å². The first-order chi connectivity index (χ1) is 12.0. The Kier molecular flexibility index (Phi) is 7.32. The summed E-state index contributed by atoms with van der Waals surface area (Å²) in [5.74, 6) is 2.12. The third-order valence-electron chi connectivity index (χ3n) is 3.46. The number of aromatic nitrogens is 3. The van der Waals surface area contributed by atoms with E-state index in [0.717, 1.165) is 10.7 Å². The zero-order valence-corrected chi connectivity index (χ0v) is 16.2. The van der Waals surface area contributed by atoms with Gasteiger partial charge in [-0.15, -0.1) is 11.3 Å². The predicted molar refractivity (Wildman–Crippen MR) is 97.6 cm³/mol. The van der Waals surface area contributed by atoms with Gasteiger partial charge < -0.3 is 19.9 Å². The maximum absolute atomic E-state index is 5.45. The monoisotopic (exact) mass is 366 g/mol. The van der Waals surface area contributed by atoms with E-state index in [1.807, 2.05) is 13.8 Å². The van der Waals surface area contributed by atoms with Crippen LogP contribution in [0, 0.1) is 0 Å². The summed E-state index contributed by atoms with van der Waals surface area (Å²) in [5.41, 5.74) is 1.12. The largest absolute Gasteiger partial charge is 0.371 e. The molecule has 9 heteroatoms. The lowest BCUT2D eigenvalue weighted by Crippen LogP contribution is -2.36. The van der Waals surface area contributed by atoms with Crippen LogP contribution in [0.15, 0.2) is 14.9 Å². The van der Waals surface area contributed by atoms with Crippen molar-refractivity contribution in [3.8, 4) is 0 Å². The number of thiazole rings is 1. The van der Waals surface area contributed by atoms with E-state index in [4.69, 9.17) is 9.26 Å². The van der Waals surface area contributed by atoms with Crippen molar-refractivity contribution in [3.05, 3.63) is 27.8 Å². The highest BCUT2D eigenvalue weighted by Crippen LogP contribution is 2.17. The van der Waals surface area contributed by atoms with Gasteiger partial charge in [0.15, 0.2) is 11.8 Å². The zero-order chi connectivity index (χ0) is 18.2. The molecule has 1 unspecified atom stereocenters. The normalized spacial score (nSPS) is 13.3. The lowest BCUT2D eigenvalue weighted by molar-refractivity contribution is 0.0683. The summed E-state index contributed by atoms with van der Waals surface area (Å²) in [6.07, 6.45) is -0.181. The molecule has 0 fully saturated rings. The van der Waals surface area contributed by atoms with Crippen LogP contribution in [0.4, 0.5) is 0 Å². The molecule has 0 saturated carbocycles. The molecule has 25 heavy (non-hydrogen) atoms. The Balaban J connectivity index is 1.82. The van der Waals surface area contributed by atoms with Crippen molar-refractivity contribution in [1.29, 1.82) is 0 Å². The van der Waals surface area contributed by atoms with E-state index in [2.05, 4.69) is 50.0 Å². The van der Waals surface area contributed by atoms with Gasteiger partial charge in [-0.1, -0.05) is 19.0 Å². The number of hydrogen-bond donors (Lipinski definition) is 2. The molecule has 2 heterocycles. The first-order valence-electron chi connectivity index (χ1n) is 8.36. The fourth-order valence-electron chi connectivity index (χ4n) is 2.04. The van der Waals surface area contributed by atoms with Crippen LogP contribution in [0.2, 0.25) is 0 Å². The number of aliphatic imine (C=N–C) groups is 1. The molecule has 1 atom stereocenters. The molecular weight excluding hydrogens is 340 g/mol. The molecule has 2 rings (SSSR count). The molecule has 0 spiro atoms. The molecule has 8 nitrogen and oxygen atoms in total. The summed E-state index contributed by atoms with van der Waals surface area (Å²) in [6.45, 7) is 9.71. The molecular formula is C16H26N6O2S. The molecule has 0 saturated heterocycles. The van der Waals surface area contributed by atoms with Crippen LogP contribution in [-0.2, 0) is 17.8 Å². The fourth-order valence-corrected chi connectivity index (χ4v) is 2.94. The number of nitrogens with zero attached hydrogens (tertiary/aromatic N) is 4. The van der Waals surface area contributed by atoms with Crippen LogP contribution >= 0.6 is 11.3 Å². The van der Waals surface area contributed by atoms with E-state index in [-0.39, 0.29) is 6.10 Å². The molecule has 0 aromatic carbocycles. The standard InChI is InChI=1S/C16H26N6O2S/c1-6-23-11(4)15-21-13(24-22-15)7-18-16(17-5)19-8-14-20-12(9-25-14)10(2)3/h9-11H,6-8H2,1-5H3,(H2,17,18,19). The zero-order valence-electron chi connectivity index (χ0n) is 15.4. The number of ether oxygens (including phenoxy) is 1. The van der Waals surface area contributed by atoms with Gasteiger partial charge >= 0.3 is 0 Å². The molecule has 0 bridgehead atoms. The maximum atomic E-state index is 5.45. The summed E-state index contributed by atoms with van der Waals surface area (Å²) < 4.78 is 10.7. The van der Waals surface area contributed by atoms with E-state index < -0.39 is 0 Å². The SMILES string of the molecule is CCOC(C)c1noc(CNC(=NC)NCc2nc(C(C)C)cs2)n1. The summed E-state index contributed by atoms with van der Waals surface area (Å²) >= 11 is 1.64. The Labute approximate surface area is 152 Å². The molecule has 2 aromatic heterocycles. The third-order valence-corrected chi connectivity index (χ3v) is 4.33. The lowest BCUT2D eigenvalue weighted by atomic mass is 10.2. The number of rotatable bonds is 8. The summed E-state index contributed by atoms with van der Waals surface area (Å²) in [4.78, 5) is 13.1. The number of hydrogen-bond acceptors (Lipinski definition) is 7. The van der Waals surface area contributed by atoms with Gasteiger partial charge in [-0.2, -0.15) is 4.98 Å². The van der Waals surface area contributed by atoms with Gasteiger partial charge in [0, 0.05) is 19.0 Å². The highest BCUT2D eigenvalue weighted by Gasteiger charge is 2.14. The minimum Gasteiger partial charge on any atom is -0.371 e. The van der Waals surface area contributed by atoms with Crippen LogP contribution in [0.1, 0.15) is 62.1 Å². The average molecular weight is 366 g/mol. The van der Waals surface area contributed by atoms with Gasteiger partial charge in [0.05, 0.1) is 18.8 Å². The second-order valence-corrected chi connectivity index (χ2v) is 6.69. The van der Waals surface area contributed by atoms with Gasteiger partial charge in [0.1, 0.15) is 11.1 Å². The Hall–Kier alpha value is -2.00. The molecule has 2 N–H and O–H groups in total. The van der Waals surface area contributed by atoms with Crippen LogP contribution in [-0.4, -0.2) is 34.7 Å². The molecule has 138 valence electrons. The minimum atomic E-state index is -0.181. The van der Waals surface area contributed by atoms with Gasteiger partial charge in [-0.05, 0) is 19.8 Å². The van der Waals surface area contributed by atoms with E-state index in [9.17, 15) is 0 Å². The van der Waals surface area contributed by atoms with Gasteiger partial charge in [0.25, 0.3) is 0 Å². The van der Waals surface area contributed by atoms with Crippen molar-refractivity contribution in [3.63, 3.8) is 0 Å². The van der Waals surface area contributed by atoms with E-state index in [1.54, 1.807) is 18.4 Å². The second kappa shape index (κ2) is 9.47. The molecule has 0 aliphatic heterocycles. The Morgan fingerprint density at radius 3 is 2.68 bits per heavy atom. The molecule has 0 aliphatic rings. The van der Waals surface area contributed by atoms with Crippen molar-refractivity contribution in [2.75, 3.05) is 13.7 Å². The first kappa shape index (κ1) is 19.3. The Morgan fingerprint density at radius 1 is 1.28 bits per heavy atom. The van der Waals surface area contributed by atoms with Gasteiger partial charge in [-0.25, -0.2) is 4.98 Å². The van der Waals surface area contributed by atoms with E-state index in [1.165, 1.54) is 0 Å². The molecule has 0 radical (unpaired) electrons. The van der Waals surface area contributed by atoms with Gasteiger partial charge in [0.2, 0.25) is 5.89 Å². The smallest absolute Gasteiger partial charge is 0.246 e. The fraction of sp³-hybridized carbons (Fsp3) is 0.625. The van der Waals surface area contributed by atoms with E-state index >= 15 is 0 Å². The highest BCUT2D eigenvalue weighted by atomic mass is 32.1.